The van der Waals surface area contributed by atoms with E-state index in [-0.39, 0.29) is 5.02 Å². The molecule has 0 radical (unpaired) electrons. The monoisotopic (exact) mass is 329 g/mol. The molecule has 23 heavy (non-hydrogen) atoms. The van der Waals surface area contributed by atoms with Crippen LogP contribution in [0.3, 0.4) is 0 Å². The number of halogens is 2. The van der Waals surface area contributed by atoms with E-state index in [1.54, 1.807) is 36.5 Å². The zero-order valence-corrected chi connectivity index (χ0v) is 13.3. The summed E-state index contributed by atoms with van der Waals surface area (Å²) in [5.41, 5.74) is 3.25. The van der Waals surface area contributed by atoms with Gasteiger partial charge in [-0.05, 0) is 42.3 Å². The topological polar surface area (TPSA) is 39.2 Å². The van der Waals surface area contributed by atoms with Gasteiger partial charge in [0.15, 0.2) is 0 Å². The maximum Gasteiger partial charge on any atom is 0.337 e. The highest BCUT2D eigenvalue weighted by molar-refractivity contribution is 6.33. The van der Waals surface area contributed by atoms with Crippen LogP contribution in [0.15, 0.2) is 42.6 Å². The molecular weight excluding hydrogens is 317 g/mol. The highest BCUT2D eigenvalue weighted by Gasteiger charge is 2.15. The third-order valence-electron chi connectivity index (χ3n) is 3.70. The van der Waals surface area contributed by atoms with Gasteiger partial charge in [-0.3, -0.25) is 4.98 Å². The van der Waals surface area contributed by atoms with Gasteiger partial charge in [0.25, 0.3) is 0 Å². The fourth-order valence-corrected chi connectivity index (χ4v) is 2.84. The zero-order chi connectivity index (χ0) is 16.6. The number of nitrogens with zero attached hydrogens (tertiary/aromatic N) is 1. The first-order chi connectivity index (χ1) is 11.0. The molecule has 2 aromatic carbocycles. The number of hydrogen-bond donors (Lipinski definition) is 0. The third-order valence-corrected chi connectivity index (χ3v) is 4.08. The van der Waals surface area contributed by atoms with E-state index in [9.17, 15) is 9.18 Å². The molecule has 0 spiro atoms. The lowest BCUT2D eigenvalue weighted by atomic mass is 9.97. The Morgan fingerprint density at radius 2 is 2.00 bits per heavy atom. The highest BCUT2D eigenvalue weighted by Crippen LogP contribution is 2.35. The van der Waals surface area contributed by atoms with Crippen molar-refractivity contribution in [2.75, 3.05) is 7.11 Å². The van der Waals surface area contributed by atoms with Gasteiger partial charge in [-0.15, -0.1) is 0 Å². The van der Waals surface area contributed by atoms with Crippen molar-refractivity contribution in [3.8, 4) is 11.1 Å². The van der Waals surface area contributed by atoms with Gasteiger partial charge >= 0.3 is 5.97 Å². The van der Waals surface area contributed by atoms with E-state index in [1.165, 1.54) is 13.2 Å². The van der Waals surface area contributed by atoms with E-state index in [2.05, 4.69) is 4.98 Å². The summed E-state index contributed by atoms with van der Waals surface area (Å²) in [5.74, 6) is -0.926. The molecule has 0 fully saturated rings. The molecule has 5 heteroatoms. The van der Waals surface area contributed by atoms with Crippen LogP contribution in [-0.4, -0.2) is 18.1 Å². The van der Waals surface area contributed by atoms with Crippen LogP contribution in [0.1, 0.15) is 15.9 Å². The molecule has 0 atom stereocenters. The van der Waals surface area contributed by atoms with Crippen molar-refractivity contribution in [1.82, 2.24) is 4.98 Å². The Kier molecular flexibility index (Phi) is 4.01. The smallest absolute Gasteiger partial charge is 0.337 e. The molecule has 3 nitrogen and oxygen atoms in total. The first kappa shape index (κ1) is 15.4. The molecule has 0 aliphatic heterocycles. The van der Waals surface area contributed by atoms with Crippen molar-refractivity contribution in [2.24, 2.45) is 0 Å². The number of rotatable bonds is 2. The lowest BCUT2D eigenvalue weighted by Crippen LogP contribution is -2.02. The van der Waals surface area contributed by atoms with E-state index in [0.29, 0.717) is 16.7 Å². The zero-order valence-electron chi connectivity index (χ0n) is 12.6. The molecule has 3 rings (SSSR count). The van der Waals surface area contributed by atoms with Crippen LogP contribution in [0, 0.1) is 12.7 Å². The largest absolute Gasteiger partial charge is 0.465 e. The molecule has 1 heterocycles. The van der Waals surface area contributed by atoms with Crippen molar-refractivity contribution in [2.45, 2.75) is 6.92 Å². The average Bonchev–Trinajstić information content (AvgIpc) is 2.56. The second-order valence-electron chi connectivity index (χ2n) is 5.14. The predicted molar refractivity (Wildman–Crippen MR) is 88.2 cm³/mol. The minimum atomic E-state index is -0.491. The number of benzene rings is 2. The second kappa shape index (κ2) is 5.97. The number of methoxy groups -OCH3 is 1. The van der Waals surface area contributed by atoms with Gasteiger partial charge in [0.2, 0.25) is 0 Å². The SMILES string of the molecule is COC(=O)c1cc(C)c2nccc(-c3cccc(F)c3Cl)c2c1. The summed E-state index contributed by atoms with van der Waals surface area (Å²) in [5, 5.41) is 0.765. The minimum absolute atomic E-state index is 0.0427. The molecule has 0 aliphatic rings. The standard InChI is InChI=1S/C18H13ClFNO2/c1-10-8-11(18(22)23-2)9-14-12(6-7-21-17(10)14)13-4-3-5-15(20)16(13)19/h3-9H,1-2H3. The van der Waals surface area contributed by atoms with Gasteiger partial charge in [0, 0.05) is 17.1 Å². The van der Waals surface area contributed by atoms with E-state index < -0.39 is 11.8 Å². The fourth-order valence-electron chi connectivity index (χ4n) is 2.61. The number of carbonyl (C=O) groups is 1. The average molecular weight is 330 g/mol. The summed E-state index contributed by atoms with van der Waals surface area (Å²) in [6, 6.07) is 9.81. The molecule has 0 unspecified atom stereocenters. The van der Waals surface area contributed by atoms with Crippen molar-refractivity contribution < 1.29 is 13.9 Å². The number of hydrogen-bond acceptors (Lipinski definition) is 3. The van der Waals surface area contributed by atoms with E-state index in [1.807, 2.05) is 6.92 Å². The maximum atomic E-state index is 13.8. The van der Waals surface area contributed by atoms with Crippen LogP contribution >= 0.6 is 11.6 Å². The summed E-state index contributed by atoms with van der Waals surface area (Å²) in [4.78, 5) is 16.2. The van der Waals surface area contributed by atoms with Gasteiger partial charge in [0.05, 0.1) is 23.2 Å². The predicted octanol–water partition coefficient (Wildman–Crippen LogP) is 4.79. The number of aromatic nitrogens is 1. The number of esters is 1. The second-order valence-corrected chi connectivity index (χ2v) is 5.52. The quantitative estimate of drug-likeness (QED) is 0.634. The molecule has 0 saturated heterocycles. The van der Waals surface area contributed by atoms with Crippen LogP contribution in [0.5, 0.6) is 0 Å². The molecule has 0 aliphatic carbocycles. The van der Waals surface area contributed by atoms with E-state index >= 15 is 0 Å². The number of ether oxygens (including phenoxy) is 1. The first-order valence-electron chi connectivity index (χ1n) is 6.95. The third kappa shape index (κ3) is 2.66. The Balaban J connectivity index is 2.35. The van der Waals surface area contributed by atoms with Crippen molar-refractivity contribution in [3.05, 3.63) is 64.6 Å². The van der Waals surface area contributed by atoms with Crippen LogP contribution in [0.25, 0.3) is 22.0 Å². The van der Waals surface area contributed by atoms with Gasteiger partial charge in [0.1, 0.15) is 5.82 Å². The van der Waals surface area contributed by atoms with Crippen LogP contribution < -0.4 is 0 Å². The Morgan fingerprint density at radius 3 is 2.74 bits per heavy atom. The highest BCUT2D eigenvalue weighted by atomic mass is 35.5. The molecular formula is C18H13ClFNO2. The Morgan fingerprint density at radius 1 is 1.22 bits per heavy atom. The van der Waals surface area contributed by atoms with Crippen molar-refractivity contribution in [1.29, 1.82) is 0 Å². The Hall–Kier alpha value is -2.46. The molecule has 3 aromatic rings. The molecule has 0 bridgehead atoms. The minimum Gasteiger partial charge on any atom is -0.465 e. The molecule has 0 N–H and O–H groups in total. The van der Waals surface area contributed by atoms with Crippen molar-refractivity contribution in [3.63, 3.8) is 0 Å². The maximum absolute atomic E-state index is 13.8. The Labute approximate surface area is 137 Å². The molecule has 116 valence electrons. The van der Waals surface area contributed by atoms with Gasteiger partial charge in [-0.2, -0.15) is 0 Å². The summed E-state index contributed by atoms with van der Waals surface area (Å²) >= 11 is 6.11. The molecule has 1 aromatic heterocycles. The van der Waals surface area contributed by atoms with Gasteiger partial charge in [-0.25, -0.2) is 9.18 Å². The van der Waals surface area contributed by atoms with Crippen LogP contribution in [-0.2, 0) is 4.74 Å². The van der Waals surface area contributed by atoms with Crippen LogP contribution in [0.4, 0.5) is 4.39 Å². The summed E-state index contributed by atoms with van der Waals surface area (Å²) in [6.07, 6.45) is 1.64. The summed E-state index contributed by atoms with van der Waals surface area (Å²) in [6.45, 7) is 1.86. The number of pyridine rings is 1. The van der Waals surface area contributed by atoms with Crippen molar-refractivity contribution >= 4 is 28.5 Å². The van der Waals surface area contributed by atoms with Gasteiger partial charge < -0.3 is 4.74 Å². The number of aryl methyl sites for hydroxylation is 1. The van der Waals surface area contributed by atoms with Gasteiger partial charge in [-0.1, -0.05) is 23.7 Å². The first-order valence-corrected chi connectivity index (χ1v) is 7.32. The summed E-state index contributed by atoms with van der Waals surface area (Å²) in [7, 11) is 1.33. The van der Waals surface area contributed by atoms with E-state index in [4.69, 9.17) is 16.3 Å². The molecule has 0 amide bonds. The van der Waals surface area contributed by atoms with E-state index in [0.717, 1.165) is 16.5 Å². The number of fused-ring (bicyclic) bond motifs is 1. The lowest BCUT2D eigenvalue weighted by Gasteiger charge is -2.11. The fraction of sp³-hybridized carbons (Fsp3) is 0.111. The lowest BCUT2D eigenvalue weighted by molar-refractivity contribution is 0.0601. The molecule has 0 saturated carbocycles. The normalized spacial score (nSPS) is 10.8. The van der Waals surface area contributed by atoms with Crippen LogP contribution in [0.2, 0.25) is 5.02 Å². The Bertz CT molecular complexity index is 924. The summed E-state index contributed by atoms with van der Waals surface area (Å²) < 4.78 is 18.6. The number of carbonyl (C=O) groups excluding carboxylic acids is 1.